The third kappa shape index (κ3) is 5.01. The molecule has 29 heavy (non-hydrogen) atoms. The van der Waals surface area contributed by atoms with Crippen molar-refractivity contribution in [2.45, 2.75) is 31.6 Å². The normalized spacial score (nSPS) is 16.7. The van der Waals surface area contributed by atoms with Crippen molar-refractivity contribution >= 4 is 23.2 Å². The van der Waals surface area contributed by atoms with Crippen molar-refractivity contribution in [1.82, 2.24) is 5.32 Å². The molecule has 0 spiro atoms. The van der Waals surface area contributed by atoms with Gasteiger partial charge in [0.1, 0.15) is 0 Å². The number of likely N-dealkylation sites (N-methyl/N-ethyl adjacent to an activating group) is 1. The third-order valence-electron chi connectivity index (χ3n) is 4.55. The fraction of sp³-hybridized carbons (Fsp3) is 0.286. The zero-order valence-corrected chi connectivity index (χ0v) is 15.7. The number of aliphatic imine (C=N–C) groups is 1. The van der Waals surface area contributed by atoms with Crippen molar-refractivity contribution in [2.75, 3.05) is 11.9 Å². The van der Waals surface area contributed by atoms with Crippen LogP contribution < -0.4 is 10.2 Å². The molecule has 1 aliphatic heterocycles. The van der Waals surface area contributed by atoms with Gasteiger partial charge < -0.3 is 10.2 Å². The molecule has 2 amide bonds. The number of carbonyl (C=O) groups is 2. The van der Waals surface area contributed by atoms with E-state index < -0.39 is 30.6 Å². The van der Waals surface area contributed by atoms with E-state index in [9.17, 15) is 22.8 Å². The quantitative estimate of drug-likeness (QED) is 0.828. The van der Waals surface area contributed by atoms with E-state index in [4.69, 9.17) is 0 Å². The summed E-state index contributed by atoms with van der Waals surface area (Å²) in [4.78, 5) is 30.9. The molecule has 1 aliphatic rings. The van der Waals surface area contributed by atoms with E-state index in [1.807, 2.05) is 42.5 Å². The average Bonchev–Trinajstić information content (AvgIpc) is 2.78. The van der Waals surface area contributed by atoms with Crippen LogP contribution in [-0.4, -0.2) is 36.9 Å². The van der Waals surface area contributed by atoms with Crippen LogP contribution in [0.25, 0.3) is 0 Å². The molecule has 2 aromatic carbocycles. The van der Waals surface area contributed by atoms with Crippen LogP contribution in [0.4, 0.5) is 18.9 Å². The smallest absolute Gasteiger partial charge is 0.327 e. The van der Waals surface area contributed by atoms with Crippen molar-refractivity contribution in [3.8, 4) is 0 Å². The molecular weight excluding hydrogens is 383 g/mol. The second-order valence-corrected chi connectivity index (χ2v) is 6.70. The number of para-hydroxylation sites is 1. The fourth-order valence-corrected chi connectivity index (χ4v) is 3.12. The Morgan fingerprint density at radius 2 is 1.76 bits per heavy atom. The highest BCUT2D eigenvalue weighted by atomic mass is 19.4. The summed E-state index contributed by atoms with van der Waals surface area (Å²) in [7, 11) is 1.58. The van der Waals surface area contributed by atoms with Gasteiger partial charge in [-0.2, -0.15) is 13.2 Å². The van der Waals surface area contributed by atoms with Gasteiger partial charge in [0.05, 0.1) is 11.4 Å². The Bertz CT molecular complexity index is 926. The number of carbonyl (C=O) groups excluding carboxylic acids is 2. The molecule has 1 heterocycles. The van der Waals surface area contributed by atoms with Gasteiger partial charge in [0, 0.05) is 31.0 Å². The van der Waals surface area contributed by atoms with Gasteiger partial charge in [-0.3, -0.25) is 9.59 Å². The highest BCUT2D eigenvalue weighted by Crippen LogP contribution is 2.27. The molecular formula is C21H20F3N3O2. The number of halogens is 3. The molecule has 0 bridgehead atoms. The number of nitrogens with zero attached hydrogens (tertiary/aromatic N) is 2. The lowest BCUT2D eigenvalue weighted by Gasteiger charge is -2.20. The van der Waals surface area contributed by atoms with E-state index in [1.54, 1.807) is 19.2 Å². The number of hydrogen-bond acceptors (Lipinski definition) is 3. The Morgan fingerprint density at radius 3 is 2.45 bits per heavy atom. The summed E-state index contributed by atoms with van der Waals surface area (Å²) in [6.45, 7) is 0. The number of benzodiazepines with no additional fused rings is 1. The molecule has 1 atom stereocenters. The molecule has 0 radical (unpaired) electrons. The van der Waals surface area contributed by atoms with Crippen LogP contribution in [-0.2, 0) is 9.59 Å². The highest BCUT2D eigenvalue weighted by molar-refractivity contribution is 6.20. The first-order valence-electron chi connectivity index (χ1n) is 9.12. The average molecular weight is 403 g/mol. The van der Waals surface area contributed by atoms with Crippen molar-refractivity contribution in [1.29, 1.82) is 0 Å². The maximum Gasteiger partial charge on any atom is 0.389 e. The molecule has 0 fully saturated rings. The summed E-state index contributed by atoms with van der Waals surface area (Å²) >= 11 is 0. The minimum Gasteiger partial charge on any atom is -0.327 e. The van der Waals surface area contributed by atoms with Crippen LogP contribution in [0.3, 0.4) is 0 Å². The van der Waals surface area contributed by atoms with Crippen molar-refractivity contribution in [3.05, 3.63) is 65.7 Å². The fourth-order valence-electron chi connectivity index (χ4n) is 3.12. The first-order valence-corrected chi connectivity index (χ1v) is 9.12. The first-order chi connectivity index (χ1) is 13.8. The van der Waals surface area contributed by atoms with Crippen LogP contribution in [0, 0.1) is 0 Å². The van der Waals surface area contributed by atoms with E-state index in [0.717, 1.165) is 11.1 Å². The summed E-state index contributed by atoms with van der Waals surface area (Å²) in [6.07, 6.45) is -7.28. The molecule has 1 unspecified atom stereocenters. The molecule has 0 aromatic heterocycles. The topological polar surface area (TPSA) is 61.8 Å². The summed E-state index contributed by atoms with van der Waals surface area (Å²) < 4.78 is 36.9. The molecule has 1 N–H and O–H groups in total. The monoisotopic (exact) mass is 403 g/mol. The van der Waals surface area contributed by atoms with Gasteiger partial charge in [-0.15, -0.1) is 0 Å². The van der Waals surface area contributed by atoms with Gasteiger partial charge in [0.2, 0.25) is 12.1 Å². The third-order valence-corrected chi connectivity index (χ3v) is 4.55. The van der Waals surface area contributed by atoms with Crippen LogP contribution in [0.15, 0.2) is 59.6 Å². The first kappa shape index (κ1) is 20.6. The van der Waals surface area contributed by atoms with E-state index in [1.165, 1.54) is 4.90 Å². The van der Waals surface area contributed by atoms with Gasteiger partial charge in [0.15, 0.2) is 0 Å². The van der Waals surface area contributed by atoms with Crippen molar-refractivity contribution in [2.24, 2.45) is 4.99 Å². The van der Waals surface area contributed by atoms with Crippen LogP contribution in [0.1, 0.15) is 30.4 Å². The number of anilines is 1. The number of rotatable bonds is 5. The number of benzene rings is 2. The van der Waals surface area contributed by atoms with Crippen LogP contribution in [0.5, 0.6) is 0 Å². The zero-order chi connectivity index (χ0) is 21.0. The lowest BCUT2D eigenvalue weighted by atomic mass is 10.0. The minimum absolute atomic E-state index is 0.337. The number of fused-ring (bicyclic) bond motifs is 1. The van der Waals surface area contributed by atoms with Gasteiger partial charge in [-0.25, -0.2) is 4.99 Å². The SMILES string of the molecule is CN1C(=O)C(NC(=O)CCCC(F)(F)F)N=C(c2ccccc2)c2ccccc21. The van der Waals surface area contributed by atoms with E-state index in [2.05, 4.69) is 10.3 Å². The largest absolute Gasteiger partial charge is 0.389 e. The second kappa shape index (κ2) is 8.46. The summed E-state index contributed by atoms with van der Waals surface area (Å²) in [5, 5.41) is 2.47. The molecule has 0 saturated heterocycles. The van der Waals surface area contributed by atoms with Gasteiger partial charge in [0.25, 0.3) is 5.91 Å². The molecule has 2 aromatic rings. The summed E-state index contributed by atoms with van der Waals surface area (Å²) in [6, 6.07) is 16.4. The summed E-state index contributed by atoms with van der Waals surface area (Å²) in [5.41, 5.74) is 2.65. The Kier molecular flexibility index (Phi) is 6.00. The van der Waals surface area contributed by atoms with Gasteiger partial charge >= 0.3 is 6.18 Å². The Morgan fingerprint density at radius 1 is 1.10 bits per heavy atom. The molecule has 8 heteroatoms. The molecule has 0 saturated carbocycles. The number of alkyl halides is 3. The maximum absolute atomic E-state index is 12.9. The van der Waals surface area contributed by atoms with Gasteiger partial charge in [-0.1, -0.05) is 48.5 Å². The number of amides is 2. The lowest BCUT2D eigenvalue weighted by molar-refractivity contribution is -0.138. The summed E-state index contributed by atoms with van der Waals surface area (Å²) in [5.74, 6) is -1.12. The Balaban J connectivity index is 1.89. The van der Waals surface area contributed by atoms with Crippen LogP contribution >= 0.6 is 0 Å². The molecule has 152 valence electrons. The Hall–Kier alpha value is -3.16. The van der Waals surface area contributed by atoms with E-state index in [0.29, 0.717) is 11.4 Å². The lowest BCUT2D eigenvalue weighted by Crippen LogP contribution is -2.46. The van der Waals surface area contributed by atoms with E-state index >= 15 is 0 Å². The molecule has 3 rings (SSSR count). The predicted molar refractivity (Wildman–Crippen MR) is 104 cm³/mol. The number of hydrogen-bond donors (Lipinski definition) is 1. The second-order valence-electron chi connectivity index (χ2n) is 6.70. The van der Waals surface area contributed by atoms with Gasteiger partial charge in [-0.05, 0) is 12.5 Å². The van der Waals surface area contributed by atoms with E-state index in [-0.39, 0.29) is 12.8 Å². The maximum atomic E-state index is 12.9. The standard InChI is InChI=1S/C21H20F3N3O2/c1-27-16-11-6-5-10-15(16)18(14-8-3-2-4-9-14)26-19(20(27)29)25-17(28)12-7-13-21(22,23)24/h2-6,8-11,19H,7,12-13H2,1H3,(H,25,28). The minimum atomic E-state index is -4.32. The van der Waals surface area contributed by atoms with Crippen LogP contribution in [0.2, 0.25) is 0 Å². The van der Waals surface area contributed by atoms with Crippen molar-refractivity contribution < 1.29 is 22.8 Å². The molecule has 0 aliphatic carbocycles. The molecule has 5 nitrogen and oxygen atoms in total. The predicted octanol–water partition coefficient (Wildman–Crippen LogP) is 3.68. The zero-order valence-electron chi connectivity index (χ0n) is 15.7. The van der Waals surface area contributed by atoms with Crippen molar-refractivity contribution in [3.63, 3.8) is 0 Å². The number of nitrogens with one attached hydrogen (secondary N) is 1. The Labute approximate surface area is 166 Å². The highest BCUT2D eigenvalue weighted by Gasteiger charge is 2.31.